The van der Waals surface area contributed by atoms with Gasteiger partial charge in [-0.05, 0) is 37.5 Å². The minimum Gasteiger partial charge on any atom is -0.462 e. The van der Waals surface area contributed by atoms with Gasteiger partial charge in [-0.3, -0.25) is 37.3 Å². The number of phosphoric acid groups is 2. The van der Waals surface area contributed by atoms with Crippen LogP contribution in [0, 0.1) is 11.8 Å². The van der Waals surface area contributed by atoms with Crippen LogP contribution in [0.2, 0.25) is 0 Å². The maximum absolute atomic E-state index is 13.0. The molecular formula is C65H126O17P2. The van der Waals surface area contributed by atoms with Crippen LogP contribution in [0.25, 0.3) is 0 Å². The molecule has 3 unspecified atom stereocenters. The Hall–Kier alpha value is -1.94. The Labute approximate surface area is 511 Å². The van der Waals surface area contributed by atoms with Crippen LogP contribution >= 0.6 is 15.6 Å². The van der Waals surface area contributed by atoms with Gasteiger partial charge in [0.05, 0.1) is 26.4 Å². The van der Waals surface area contributed by atoms with Gasteiger partial charge in [-0.25, -0.2) is 9.13 Å². The van der Waals surface area contributed by atoms with Gasteiger partial charge in [-0.15, -0.1) is 0 Å². The molecule has 0 fully saturated rings. The van der Waals surface area contributed by atoms with Gasteiger partial charge in [0.1, 0.15) is 19.3 Å². The number of esters is 4. The van der Waals surface area contributed by atoms with Crippen molar-refractivity contribution in [3.63, 3.8) is 0 Å². The molecule has 0 rings (SSSR count). The molecule has 6 atom stereocenters. The Morgan fingerprint density at radius 3 is 0.905 bits per heavy atom. The van der Waals surface area contributed by atoms with E-state index in [4.69, 9.17) is 37.0 Å². The lowest BCUT2D eigenvalue weighted by atomic mass is 9.99. The average molecular weight is 1240 g/mol. The van der Waals surface area contributed by atoms with E-state index >= 15 is 0 Å². The highest BCUT2D eigenvalue weighted by atomic mass is 31.2. The lowest BCUT2D eigenvalue weighted by molar-refractivity contribution is -0.161. The molecule has 19 heteroatoms. The third kappa shape index (κ3) is 57.8. The molecule has 84 heavy (non-hydrogen) atoms. The van der Waals surface area contributed by atoms with Gasteiger partial charge in [0, 0.05) is 25.7 Å². The molecule has 0 radical (unpaired) electrons. The minimum absolute atomic E-state index is 0.103. The van der Waals surface area contributed by atoms with Crippen LogP contribution in [0.5, 0.6) is 0 Å². The summed E-state index contributed by atoms with van der Waals surface area (Å²) in [7, 11) is -9.88. The van der Waals surface area contributed by atoms with E-state index in [-0.39, 0.29) is 25.7 Å². The summed E-state index contributed by atoms with van der Waals surface area (Å²) >= 11 is 0. The molecule has 0 aromatic heterocycles. The summed E-state index contributed by atoms with van der Waals surface area (Å²) < 4.78 is 67.9. The molecule has 0 heterocycles. The second-order valence-electron chi connectivity index (χ2n) is 24.2. The van der Waals surface area contributed by atoms with Gasteiger partial charge in [0.15, 0.2) is 12.2 Å². The van der Waals surface area contributed by atoms with E-state index in [9.17, 15) is 43.2 Å². The van der Waals surface area contributed by atoms with Crippen molar-refractivity contribution in [1.82, 2.24) is 0 Å². The second-order valence-corrected chi connectivity index (χ2v) is 27.1. The lowest BCUT2D eigenvalue weighted by Gasteiger charge is -2.21. The summed E-state index contributed by atoms with van der Waals surface area (Å²) in [5, 5.41) is 10.5. The number of hydrogen-bond acceptors (Lipinski definition) is 15. The number of unbranched alkanes of at least 4 members (excludes halogenated alkanes) is 33. The van der Waals surface area contributed by atoms with Gasteiger partial charge in [0.2, 0.25) is 0 Å². The van der Waals surface area contributed by atoms with Crippen LogP contribution in [0.4, 0.5) is 0 Å². The van der Waals surface area contributed by atoms with Crippen LogP contribution in [0.1, 0.15) is 324 Å². The fourth-order valence-corrected chi connectivity index (χ4v) is 11.3. The second kappa shape index (κ2) is 57.5. The van der Waals surface area contributed by atoms with E-state index in [1.54, 1.807) is 0 Å². The van der Waals surface area contributed by atoms with Crippen molar-refractivity contribution >= 4 is 39.5 Å². The number of aliphatic hydroxyl groups excluding tert-OH is 1. The largest absolute Gasteiger partial charge is 0.472 e. The van der Waals surface area contributed by atoms with E-state index in [0.717, 1.165) is 127 Å². The third-order valence-electron chi connectivity index (χ3n) is 15.3. The molecule has 0 aromatic rings. The summed E-state index contributed by atoms with van der Waals surface area (Å²) in [6.07, 6.45) is 40.5. The molecule has 0 aliphatic heterocycles. The van der Waals surface area contributed by atoms with E-state index < -0.39 is 97.5 Å². The van der Waals surface area contributed by atoms with Gasteiger partial charge in [-0.1, -0.05) is 273 Å². The quantitative estimate of drug-likeness (QED) is 0.0222. The summed E-state index contributed by atoms with van der Waals surface area (Å²) in [4.78, 5) is 72.0. The maximum Gasteiger partial charge on any atom is 0.472 e. The van der Waals surface area contributed by atoms with E-state index in [1.165, 1.54) is 116 Å². The maximum atomic E-state index is 13.0. The van der Waals surface area contributed by atoms with Crippen molar-refractivity contribution in [3.8, 4) is 0 Å². The number of hydrogen-bond donors (Lipinski definition) is 3. The fraction of sp³-hybridized carbons (Fsp3) is 0.938. The van der Waals surface area contributed by atoms with Gasteiger partial charge < -0.3 is 33.8 Å². The summed E-state index contributed by atoms with van der Waals surface area (Å²) in [6, 6.07) is 0. The van der Waals surface area contributed by atoms with Crippen molar-refractivity contribution in [1.29, 1.82) is 0 Å². The first-order valence-corrected chi connectivity index (χ1v) is 37.0. The Balaban J connectivity index is 5.18. The highest BCUT2D eigenvalue weighted by molar-refractivity contribution is 7.47. The zero-order valence-corrected chi connectivity index (χ0v) is 56.0. The average Bonchev–Trinajstić information content (AvgIpc) is 3.65. The molecule has 0 amide bonds. The number of rotatable bonds is 64. The first-order valence-electron chi connectivity index (χ1n) is 34.0. The van der Waals surface area contributed by atoms with Gasteiger partial charge in [-0.2, -0.15) is 0 Å². The van der Waals surface area contributed by atoms with E-state index in [1.807, 2.05) is 0 Å². The molecule has 0 aromatic carbocycles. The summed E-state index contributed by atoms with van der Waals surface area (Å²) in [6.45, 7) is 9.47. The summed E-state index contributed by atoms with van der Waals surface area (Å²) in [5.41, 5.74) is 0. The van der Waals surface area contributed by atoms with Crippen LogP contribution in [0.15, 0.2) is 0 Å². The Kier molecular flexibility index (Phi) is 56.2. The normalized spacial score (nSPS) is 14.6. The van der Waals surface area contributed by atoms with Crippen LogP contribution in [0.3, 0.4) is 0 Å². The Morgan fingerprint density at radius 2 is 0.607 bits per heavy atom. The minimum atomic E-state index is -4.95. The highest BCUT2D eigenvalue weighted by Crippen LogP contribution is 2.45. The highest BCUT2D eigenvalue weighted by Gasteiger charge is 2.30. The number of phosphoric ester groups is 2. The molecule has 0 saturated carbocycles. The van der Waals surface area contributed by atoms with Crippen molar-refractivity contribution in [2.75, 3.05) is 39.6 Å². The zero-order valence-electron chi connectivity index (χ0n) is 54.2. The van der Waals surface area contributed by atoms with Gasteiger partial charge >= 0.3 is 39.5 Å². The van der Waals surface area contributed by atoms with Crippen molar-refractivity contribution < 1.29 is 80.2 Å². The van der Waals surface area contributed by atoms with Crippen LogP contribution in [-0.4, -0.2) is 96.7 Å². The number of aliphatic hydroxyl groups is 1. The predicted molar refractivity (Wildman–Crippen MR) is 335 cm³/mol. The molecule has 498 valence electrons. The fourth-order valence-electron chi connectivity index (χ4n) is 9.68. The Bertz CT molecular complexity index is 1650. The number of carbonyl (C=O) groups excluding carboxylic acids is 4. The lowest BCUT2D eigenvalue weighted by Crippen LogP contribution is -2.30. The monoisotopic (exact) mass is 1240 g/mol. The molecule has 0 bridgehead atoms. The van der Waals surface area contributed by atoms with Crippen molar-refractivity contribution in [2.45, 2.75) is 342 Å². The molecule has 0 aliphatic rings. The standard InChI is InChI=1S/C65H126O17P2/c1-7-10-12-14-27-35-41-47-62(67)75-53-60(81-64(69)49-43-37-28-15-13-11-8-2)55-79-83(71,72)77-51-59(66)52-78-84(73,74)80-56-61(54-76-63(68)48-42-36-31-25-22-21-24-30-34-40-46-58(6)9-3)82-65(70)50-44-38-32-26-20-18-16-17-19-23-29-33-39-45-57(4)5/h57-61,66H,7-56H2,1-6H3,(H,71,72)(H,73,74)/t58?,59-,60+,61+/m0/s1. The molecule has 0 spiro atoms. The van der Waals surface area contributed by atoms with E-state index in [2.05, 4.69) is 41.5 Å². The molecular weight excluding hydrogens is 1110 g/mol. The molecule has 0 aliphatic carbocycles. The SMILES string of the molecule is CCCCCCCCCC(=O)OC[C@H](COP(=O)(O)OC[C@H](O)COP(=O)(O)OC[C@@H](COC(=O)CCCCCCCCCCCCC(C)CC)OC(=O)CCCCCCCCCCCCCCCC(C)C)OC(=O)CCCCCCCCC. The Morgan fingerprint density at radius 1 is 0.345 bits per heavy atom. The molecule has 17 nitrogen and oxygen atoms in total. The number of carbonyl (C=O) groups is 4. The van der Waals surface area contributed by atoms with Crippen molar-refractivity contribution in [3.05, 3.63) is 0 Å². The zero-order chi connectivity index (χ0) is 62.2. The first kappa shape index (κ1) is 82.1. The van der Waals surface area contributed by atoms with Gasteiger partial charge in [0.25, 0.3) is 0 Å². The predicted octanol–water partition coefficient (Wildman–Crippen LogP) is 18.0. The summed E-state index contributed by atoms with van der Waals surface area (Å²) in [5.74, 6) is -0.544. The van der Waals surface area contributed by atoms with E-state index in [0.29, 0.717) is 25.7 Å². The number of ether oxygens (including phenoxy) is 4. The topological polar surface area (TPSA) is 237 Å². The first-order chi connectivity index (χ1) is 40.4. The smallest absolute Gasteiger partial charge is 0.462 e. The van der Waals surface area contributed by atoms with Crippen LogP contribution in [-0.2, 0) is 65.4 Å². The molecule has 3 N–H and O–H groups in total. The molecule has 0 saturated heterocycles. The van der Waals surface area contributed by atoms with Crippen molar-refractivity contribution in [2.24, 2.45) is 11.8 Å². The third-order valence-corrected chi connectivity index (χ3v) is 17.2. The van der Waals surface area contributed by atoms with Crippen LogP contribution < -0.4 is 0 Å².